The van der Waals surface area contributed by atoms with Crippen molar-refractivity contribution in [2.24, 2.45) is 16.5 Å². The molecule has 0 aliphatic carbocycles. The number of carboxylic acid groups (broad SMARTS) is 1. The summed E-state index contributed by atoms with van der Waals surface area (Å²) in [6, 6.07) is 14.7. The lowest BCUT2D eigenvalue weighted by molar-refractivity contribution is -0.138. The SMILES string of the molecule is CC1CCCC(C)N1c1ccccc1CN/C(N)=N/C(=O)c1ccc(C[C@H](N)C(=O)O)cc1. The number of nitrogens with two attached hydrogens (primary N) is 2. The lowest BCUT2D eigenvalue weighted by atomic mass is 9.95. The zero-order valence-electron chi connectivity index (χ0n) is 19.2. The summed E-state index contributed by atoms with van der Waals surface area (Å²) in [5.41, 5.74) is 14.9. The first-order valence-electron chi connectivity index (χ1n) is 11.3. The van der Waals surface area contributed by atoms with Crippen LogP contribution in [0.15, 0.2) is 53.5 Å². The van der Waals surface area contributed by atoms with Gasteiger partial charge in [-0.25, -0.2) is 0 Å². The van der Waals surface area contributed by atoms with Gasteiger partial charge in [0, 0.05) is 29.9 Å². The number of carbonyl (C=O) groups excluding carboxylic acids is 1. The number of nitrogens with one attached hydrogen (secondary N) is 1. The number of nitrogens with zero attached hydrogens (tertiary/aromatic N) is 2. The maximum absolute atomic E-state index is 12.5. The number of anilines is 1. The third kappa shape index (κ3) is 6.32. The second kappa shape index (κ2) is 11.0. The molecule has 0 saturated carbocycles. The number of carbonyl (C=O) groups is 2. The number of hydrogen-bond donors (Lipinski definition) is 4. The molecule has 0 spiro atoms. The lowest BCUT2D eigenvalue weighted by Crippen LogP contribution is -2.44. The highest BCUT2D eigenvalue weighted by Crippen LogP contribution is 2.31. The molecule has 1 aliphatic heterocycles. The Hall–Kier alpha value is -3.39. The molecule has 3 rings (SSSR count). The molecule has 0 bridgehead atoms. The van der Waals surface area contributed by atoms with Crippen LogP contribution in [0.4, 0.5) is 5.69 Å². The van der Waals surface area contributed by atoms with Crippen LogP contribution in [-0.4, -0.2) is 41.1 Å². The lowest BCUT2D eigenvalue weighted by Gasteiger charge is -2.42. The van der Waals surface area contributed by atoms with E-state index >= 15 is 0 Å². The number of guanidine groups is 1. The summed E-state index contributed by atoms with van der Waals surface area (Å²) < 4.78 is 0. The van der Waals surface area contributed by atoms with E-state index in [1.165, 1.54) is 24.9 Å². The molecule has 1 fully saturated rings. The van der Waals surface area contributed by atoms with Crippen molar-refractivity contribution in [3.05, 3.63) is 65.2 Å². The van der Waals surface area contributed by atoms with Crippen LogP contribution in [0.2, 0.25) is 0 Å². The summed E-state index contributed by atoms with van der Waals surface area (Å²) >= 11 is 0. The fourth-order valence-electron chi connectivity index (χ4n) is 4.33. The maximum Gasteiger partial charge on any atom is 0.320 e. The molecule has 3 atom stereocenters. The van der Waals surface area contributed by atoms with Crippen LogP contribution in [0.1, 0.15) is 54.6 Å². The third-order valence-electron chi connectivity index (χ3n) is 6.12. The molecule has 176 valence electrons. The summed E-state index contributed by atoms with van der Waals surface area (Å²) in [5.74, 6) is -1.49. The number of hydrogen-bond acceptors (Lipinski definition) is 4. The van der Waals surface area contributed by atoms with E-state index in [4.69, 9.17) is 16.6 Å². The second-order valence-electron chi connectivity index (χ2n) is 8.67. The van der Waals surface area contributed by atoms with Crippen LogP contribution in [0.5, 0.6) is 0 Å². The number of aliphatic carboxylic acids is 1. The van der Waals surface area contributed by atoms with Gasteiger partial charge in [0.25, 0.3) is 5.91 Å². The Morgan fingerprint density at radius 3 is 2.39 bits per heavy atom. The van der Waals surface area contributed by atoms with E-state index in [-0.39, 0.29) is 12.4 Å². The Morgan fingerprint density at radius 1 is 1.12 bits per heavy atom. The largest absolute Gasteiger partial charge is 0.480 e. The fraction of sp³-hybridized carbons (Fsp3) is 0.400. The van der Waals surface area contributed by atoms with E-state index in [0.29, 0.717) is 24.2 Å². The van der Waals surface area contributed by atoms with E-state index in [2.05, 4.69) is 41.2 Å². The summed E-state index contributed by atoms with van der Waals surface area (Å²) in [6.07, 6.45) is 3.77. The number of rotatable bonds is 7. The first kappa shape index (κ1) is 24.3. The third-order valence-corrected chi connectivity index (χ3v) is 6.12. The van der Waals surface area contributed by atoms with Crippen LogP contribution < -0.4 is 21.7 Å². The predicted molar refractivity (Wildman–Crippen MR) is 130 cm³/mol. The quantitative estimate of drug-likeness (QED) is 0.375. The highest BCUT2D eigenvalue weighted by atomic mass is 16.4. The monoisotopic (exact) mass is 451 g/mol. The van der Waals surface area contributed by atoms with Crippen molar-refractivity contribution in [2.75, 3.05) is 4.90 Å². The Kier molecular flexibility index (Phi) is 8.06. The van der Waals surface area contributed by atoms with Gasteiger partial charge in [-0.05, 0) is 68.9 Å². The molecule has 1 saturated heterocycles. The van der Waals surface area contributed by atoms with E-state index < -0.39 is 17.9 Å². The van der Waals surface area contributed by atoms with Gasteiger partial charge in [-0.3, -0.25) is 9.59 Å². The van der Waals surface area contributed by atoms with Crippen LogP contribution in [0.3, 0.4) is 0 Å². The molecule has 1 amide bonds. The Morgan fingerprint density at radius 2 is 1.76 bits per heavy atom. The fourth-order valence-corrected chi connectivity index (χ4v) is 4.33. The van der Waals surface area contributed by atoms with E-state index in [9.17, 15) is 9.59 Å². The van der Waals surface area contributed by atoms with Crippen LogP contribution in [0, 0.1) is 0 Å². The molecule has 2 aromatic rings. The minimum absolute atomic E-state index is 0.0477. The number of benzene rings is 2. The van der Waals surface area contributed by atoms with Crippen molar-refractivity contribution in [2.45, 2.75) is 64.2 Å². The number of piperidine rings is 1. The van der Waals surface area contributed by atoms with Gasteiger partial charge in [0.15, 0.2) is 5.96 Å². The summed E-state index contributed by atoms with van der Waals surface area (Å²) in [7, 11) is 0. The van der Waals surface area contributed by atoms with Gasteiger partial charge in [0.2, 0.25) is 0 Å². The molecule has 33 heavy (non-hydrogen) atoms. The normalized spacial score (nSPS) is 19.7. The first-order chi connectivity index (χ1) is 15.8. The second-order valence-corrected chi connectivity index (χ2v) is 8.67. The van der Waals surface area contributed by atoms with Crippen molar-refractivity contribution < 1.29 is 14.7 Å². The molecule has 0 aromatic heterocycles. The zero-order chi connectivity index (χ0) is 24.0. The summed E-state index contributed by atoms with van der Waals surface area (Å²) in [5, 5.41) is 12.0. The first-order valence-corrected chi connectivity index (χ1v) is 11.3. The number of carboxylic acids is 1. The number of amides is 1. The van der Waals surface area contributed by atoms with Crippen molar-refractivity contribution in [1.29, 1.82) is 0 Å². The summed E-state index contributed by atoms with van der Waals surface area (Å²) in [6.45, 7) is 4.98. The van der Waals surface area contributed by atoms with Gasteiger partial charge in [-0.15, -0.1) is 0 Å². The van der Waals surface area contributed by atoms with Gasteiger partial charge in [0.1, 0.15) is 6.04 Å². The van der Waals surface area contributed by atoms with E-state index in [0.717, 1.165) is 11.1 Å². The van der Waals surface area contributed by atoms with Crippen LogP contribution in [-0.2, 0) is 17.8 Å². The molecule has 8 heteroatoms. The van der Waals surface area contributed by atoms with Crippen molar-refractivity contribution in [3.8, 4) is 0 Å². The highest BCUT2D eigenvalue weighted by molar-refractivity contribution is 6.02. The van der Waals surface area contributed by atoms with Crippen molar-refractivity contribution in [3.63, 3.8) is 0 Å². The Labute approximate surface area is 194 Å². The molecule has 2 unspecified atom stereocenters. The van der Waals surface area contributed by atoms with Gasteiger partial charge in [-0.1, -0.05) is 30.3 Å². The van der Waals surface area contributed by atoms with Gasteiger partial charge >= 0.3 is 5.97 Å². The summed E-state index contributed by atoms with van der Waals surface area (Å²) in [4.78, 5) is 29.8. The Balaban J connectivity index is 1.64. The smallest absolute Gasteiger partial charge is 0.320 e. The molecular weight excluding hydrogens is 418 g/mol. The molecular formula is C25H33N5O3. The van der Waals surface area contributed by atoms with Crippen molar-refractivity contribution >= 4 is 23.5 Å². The molecule has 6 N–H and O–H groups in total. The van der Waals surface area contributed by atoms with Gasteiger partial charge in [-0.2, -0.15) is 4.99 Å². The maximum atomic E-state index is 12.5. The standard InChI is InChI=1S/C25H33N5O3/c1-16-6-5-7-17(2)30(16)22-9-4-3-8-20(22)15-28-25(27)29-23(31)19-12-10-18(11-13-19)14-21(26)24(32)33/h3-4,8-13,16-17,21H,5-7,14-15,26H2,1-2H3,(H,32,33)(H3,27,28,29,31)/t16?,17?,21-/m0/s1. The molecule has 1 aliphatic rings. The highest BCUT2D eigenvalue weighted by Gasteiger charge is 2.26. The minimum atomic E-state index is -1.07. The van der Waals surface area contributed by atoms with Gasteiger partial charge < -0.3 is 26.8 Å². The average Bonchev–Trinajstić information content (AvgIpc) is 2.78. The van der Waals surface area contributed by atoms with Crippen LogP contribution in [0.25, 0.3) is 0 Å². The molecule has 1 heterocycles. The number of para-hydroxylation sites is 1. The zero-order valence-corrected chi connectivity index (χ0v) is 19.2. The average molecular weight is 452 g/mol. The van der Waals surface area contributed by atoms with E-state index in [1.807, 2.05) is 12.1 Å². The van der Waals surface area contributed by atoms with Crippen LogP contribution >= 0.6 is 0 Å². The topological polar surface area (TPSA) is 134 Å². The molecule has 8 nitrogen and oxygen atoms in total. The minimum Gasteiger partial charge on any atom is -0.480 e. The van der Waals surface area contributed by atoms with Crippen molar-refractivity contribution in [1.82, 2.24) is 5.32 Å². The predicted octanol–water partition coefficient (Wildman–Crippen LogP) is 2.65. The number of aliphatic imine (C=N–C) groups is 1. The molecule has 0 radical (unpaired) electrons. The Bertz CT molecular complexity index is 995. The van der Waals surface area contributed by atoms with E-state index in [1.54, 1.807) is 24.3 Å². The molecule has 2 aromatic carbocycles. The van der Waals surface area contributed by atoms with Gasteiger partial charge in [0.05, 0.1) is 0 Å².